The molecule has 0 amide bonds. The lowest BCUT2D eigenvalue weighted by Crippen LogP contribution is -1.99. The normalized spacial score (nSPS) is 9.73. The van der Waals surface area contributed by atoms with Gasteiger partial charge in [-0.2, -0.15) is 4.39 Å². The fourth-order valence-corrected chi connectivity index (χ4v) is 0.932. The number of hydrogen-bond donors (Lipinski definition) is 0. The lowest BCUT2D eigenvalue weighted by Gasteiger charge is -2.05. The maximum absolute atomic E-state index is 13.1. The molecular formula is C10H10FNO3. The van der Waals surface area contributed by atoms with E-state index in [0.29, 0.717) is 0 Å². The summed E-state index contributed by atoms with van der Waals surface area (Å²) in [5.41, 5.74) is 0.228. The van der Waals surface area contributed by atoms with Gasteiger partial charge in [0.25, 0.3) is 0 Å². The van der Waals surface area contributed by atoms with Crippen LogP contribution in [0.3, 0.4) is 0 Å². The maximum atomic E-state index is 13.1. The van der Waals surface area contributed by atoms with Gasteiger partial charge in [-0.15, -0.1) is 0 Å². The number of rotatable bonds is 4. The summed E-state index contributed by atoms with van der Waals surface area (Å²) in [6, 6.07) is 3.41. The Morgan fingerprint density at radius 3 is 2.80 bits per heavy atom. The number of nitrogens with zero attached hydrogens (tertiary/aromatic N) is 1. The predicted molar refractivity (Wildman–Crippen MR) is 53.4 cm³/mol. The topological polar surface area (TPSA) is 52.4 Å². The quantitative estimate of drug-likeness (QED) is 0.437. The van der Waals surface area contributed by atoms with E-state index in [9.17, 15) is 14.5 Å². The van der Waals surface area contributed by atoms with Crippen LogP contribution in [-0.2, 0) is 0 Å². The van der Waals surface area contributed by atoms with Gasteiger partial charge in [-0.05, 0) is 18.6 Å². The Balaban J connectivity index is 2.82. The Kier molecular flexibility index (Phi) is 3.38. The molecule has 0 unspecified atom stereocenters. The summed E-state index contributed by atoms with van der Waals surface area (Å²) in [5, 5.41) is 10.3. The van der Waals surface area contributed by atoms with Crippen LogP contribution in [0.25, 0.3) is 0 Å². The Morgan fingerprint density at radius 1 is 1.67 bits per heavy atom. The highest BCUT2D eigenvalue weighted by Crippen LogP contribution is 2.22. The largest absolute Gasteiger partial charge is 0.489 e. The van der Waals surface area contributed by atoms with Crippen LogP contribution in [0.15, 0.2) is 30.4 Å². The molecule has 80 valence electrons. The molecule has 0 saturated heterocycles. The van der Waals surface area contributed by atoms with Crippen LogP contribution in [0.5, 0.6) is 5.75 Å². The minimum Gasteiger partial charge on any atom is -0.489 e. The zero-order valence-electron chi connectivity index (χ0n) is 8.20. The van der Waals surface area contributed by atoms with Crippen molar-refractivity contribution in [2.24, 2.45) is 0 Å². The molecule has 4 nitrogen and oxygen atoms in total. The average Bonchev–Trinajstić information content (AvgIpc) is 2.14. The van der Waals surface area contributed by atoms with Crippen molar-refractivity contribution in [2.45, 2.75) is 6.92 Å². The Labute approximate surface area is 86.1 Å². The lowest BCUT2D eigenvalue weighted by molar-refractivity contribution is -0.387. The molecule has 0 bridgehead atoms. The number of nitro benzene ring substituents is 1. The van der Waals surface area contributed by atoms with E-state index < -0.39 is 16.4 Å². The van der Waals surface area contributed by atoms with Gasteiger partial charge >= 0.3 is 5.69 Å². The first-order valence-electron chi connectivity index (χ1n) is 4.22. The fourth-order valence-electron chi connectivity index (χ4n) is 0.932. The molecule has 1 aromatic rings. The first kappa shape index (κ1) is 11.2. The lowest BCUT2D eigenvalue weighted by atomic mass is 10.3. The number of ether oxygens (including phenoxy) is 1. The monoisotopic (exact) mass is 211 g/mol. The molecule has 0 atom stereocenters. The number of nitro groups is 1. The molecule has 1 rings (SSSR count). The number of benzene rings is 1. The van der Waals surface area contributed by atoms with Crippen molar-refractivity contribution < 1.29 is 14.1 Å². The third-order valence-electron chi connectivity index (χ3n) is 1.60. The van der Waals surface area contributed by atoms with Crippen molar-refractivity contribution in [1.82, 2.24) is 0 Å². The fraction of sp³-hybridized carbons (Fsp3) is 0.200. The molecule has 0 saturated carbocycles. The van der Waals surface area contributed by atoms with Crippen LogP contribution in [0.1, 0.15) is 6.92 Å². The second-order valence-corrected chi connectivity index (χ2v) is 3.12. The second kappa shape index (κ2) is 4.54. The summed E-state index contributed by atoms with van der Waals surface area (Å²) in [4.78, 5) is 9.53. The molecular weight excluding hydrogens is 201 g/mol. The standard InChI is InChI=1S/C10H10FNO3/c1-7(2)6-15-8-3-4-10(12(13)14)9(11)5-8/h3-5H,1,6H2,2H3. The first-order valence-corrected chi connectivity index (χ1v) is 4.22. The van der Waals surface area contributed by atoms with E-state index in [2.05, 4.69) is 6.58 Å². The van der Waals surface area contributed by atoms with Gasteiger partial charge in [0.15, 0.2) is 0 Å². The Hall–Kier alpha value is -1.91. The molecule has 1 aromatic carbocycles. The van der Waals surface area contributed by atoms with Crippen LogP contribution in [-0.4, -0.2) is 11.5 Å². The van der Waals surface area contributed by atoms with Crippen molar-refractivity contribution in [3.8, 4) is 5.75 Å². The maximum Gasteiger partial charge on any atom is 0.305 e. The molecule has 0 aromatic heterocycles. The molecule has 0 aliphatic carbocycles. The number of halogens is 1. The summed E-state index contributed by atoms with van der Waals surface area (Å²) in [6.07, 6.45) is 0. The second-order valence-electron chi connectivity index (χ2n) is 3.12. The van der Waals surface area contributed by atoms with E-state index in [1.54, 1.807) is 6.92 Å². The Morgan fingerprint density at radius 2 is 2.33 bits per heavy atom. The third-order valence-corrected chi connectivity index (χ3v) is 1.60. The van der Waals surface area contributed by atoms with Gasteiger partial charge in [0, 0.05) is 12.1 Å². The molecule has 0 fully saturated rings. The highest BCUT2D eigenvalue weighted by molar-refractivity contribution is 5.38. The molecule has 0 aliphatic heterocycles. The van der Waals surface area contributed by atoms with Gasteiger partial charge in [0.1, 0.15) is 12.4 Å². The van der Waals surface area contributed by atoms with Crippen LogP contribution >= 0.6 is 0 Å². The molecule has 15 heavy (non-hydrogen) atoms. The highest BCUT2D eigenvalue weighted by atomic mass is 19.1. The molecule has 5 heteroatoms. The molecule has 0 spiro atoms. The van der Waals surface area contributed by atoms with E-state index in [1.165, 1.54) is 6.07 Å². The van der Waals surface area contributed by atoms with Crippen molar-refractivity contribution in [1.29, 1.82) is 0 Å². The van der Waals surface area contributed by atoms with Crippen LogP contribution in [0, 0.1) is 15.9 Å². The Bertz CT molecular complexity index is 404. The van der Waals surface area contributed by atoms with E-state index in [4.69, 9.17) is 4.74 Å². The minimum atomic E-state index is -0.904. The summed E-state index contributed by atoms with van der Waals surface area (Å²) < 4.78 is 18.2. The van der Waals surface area contributed by atoms with Gasteiger partial charge in [-0.25, -0.2) is 0 Å². The van der Waals surface area contributed by atoms with Gasteiger partial charge in [0.2, 0.25) is 5.82 Å². The minimum absolute atomic E-state index is 0.251. The van der Waals surface area contributed by atoms with Gasteiger partial charge < -0.3 is 4.74 Å². The molecule has 0 radical (unpaired) electrons. The van der Waals surface area contributed by atoms with Crippen molar-refractivity contribution >= 4 is 5.69 Å². The molecule has 0 N–H and O–H groups in total. The van der Waals surface area contributed by atoms with E-state index >= 15 is 0 Å². The third kappa shape index (κ3) is 3.05. The smallest absolute Gasteiger partial charge is 0.305 e. The van der Waals surface area contributed by atoms with E-state index in [0.717, 1.165) is 17.7 Å². The number of hydrogen-bond acceptors (Lipinski definition) is 3. The van der Waals surface area contributed by atoms with Gasteiger partial charge in [-0.1, -0.05) is 6.58 Å². The molecule has 0 heterocycles. The van der Waals surface area contributed by atoms with Crippen molar-refractivity contribution in [3.63, 3.8) is 0 Å². The van der Waals surface area contributed by atoms with Gasteiger partial charge in [0.05, 0.1) is 4.92 Å². The summed E-state index contributed by atoms with van der Waals surface area (Å²) in [5.74, 6) is -0.652. The van der Waals surface area contributed by atoms with Gasteiger partial charge in [-0.3, -0.25) is 10.1 Å². The summed E-state index contributed by atoms with van der Waals surface area (Å²) >= 11 is 0. The van der Waals surface area contributed by atoms with E-state index in [1.807, 2.05) is 0 Å². The van der Waals surface area contributed by atoms with Crippen LogP contribution < -0.4 is 4.74 Å². The van der Waals surface area contributed by atoms with Crippen LogP contribution in [0.2, 0.25) is 0 Å². The van der Waals surface area contributed by atoms with E-state index in [-0.39, 0.29) is 12.4 Å². The van der Waals surface area contributed by atoms with Crippen molar-refractivity contribution in [2.75, 3.05) is 6.61 Å². The summed E-state index contributed by atoms with van der Waals surface area (Å²) in [6.45, 7) is 5.64. The van der Waals surface area contributed by atoms with Crippen LogP contribution in [0.4, 0.5) is 10.1 Å². The summed E-state index contributed by atoms with van der Waals surface area (Å²) in [7, 11) is 0. The molecule has 0 aliphatic rings. The zero-order chi connectivity index (χ0) is 11.4. The zero-order valence-corrected chi connectivity index (χ0v) is 8.20. The van der Waals surface area contributed by atoms with Crippen molar-refractivity contribution in [3.05, 3.63) is 46.3 Å². The average molecular weight is 211 g/mol. The SMILES string of the molecule is C=C(C)COc1ccc([N+](=O)[O-])c(F)c1. The highest BCUT2D eigenvalue weighted by Gasteiger charge is 2.13. The predicted octanol–water partition coefficient (Wildman–Crippen LogP) is 2.69. The first-order chi connectivity index (χ1) is 7.00.